The lowest BCUT2D eigenvalue weighted by Gasteiger charge is -2.36. The zero-order valence-corrected chi connectivity index (χ0v) is 13.7. The molecular weight excluding hydrogens is 292 g/mol. The molecule has 0 spiro atoms. The monoisotopic (exact) mass is 318 g/mol. The second-order valence-corrected chi connectivity index (χ2v) is 6.49. The predicted octanol–water partition coefficient (Wildman–Crippen LogP) is 3.78. The molecule has 1 atom stereocenters. The highest BCUT2D eigenvalue weighted by Gasteiger charge is 2.30. The molecule has 1 amide bonds. The molecule has 1 saturated heterocycles. The lowest BCUT2D eigenvalue weighted by molar-refractivity contribution is 0.0205. The summed E-state index contributed by atoms with van der Waals surface area (Å²) >= 11 is 0. The Labute approximate surface area is 138 Å². The number of rotatable bonds is 4. The Hall–Kier alpha value is -1.78. The Morgan fingerprint density at radius 1 is 1.17 bits per heavy atom. The topological polar surface area (TPSA) is 51.7 Å². The summed E-state index contributed by atoms with van der Waals surface area (Å²) in [5, 5.41) is 0. The third kappa shape index (κ3) is 4.60. The average Bonchev–Trinajstić information content (AvgIpc) is 2.62. The van der Waals surface area contributed by atoms with Gasteiger partial charge in [0.15, 0.2) is 0 Å². The highest BCUT2D eigenvalue weighted by atomic mass is 16.6. The van der Waals surface area contributed by atoms with Crippen molar-refractivity contribution in [2.45, 2.75) is 63.5 Å². The Bertz CT molecular complexity index is 488. The number of carbonyl (C=O) groups is 1. The highest BCUT2D eigenvalue weighted by molar-refractivity contribution is 5.68. The van der Waals surface area contributed by atoms with Gasteiger partial charge in [-0.05, 0) is 57.1 Å². The Balaban J connectivity index is 1.53. The lowest BCUT2D eigenvalue weighted by Crippen LogP contribution is -2.47. The summed E-state index contributed by atoms with van der Waals surface area (Å²) in [6, 6.07) is 3.84. The van der Waals surface area contributed by atoms with Crippen molar-refractivity contribution < 1.29 is 14.3 Å². The number of amides is 1. The second-order valence-electron chi connectivity index (χ2n) is 6.49. The van der Waals surface area contributed by atoms with E-state index >= 15 is 0 Å². The molecule has 1 aliphatic heterocycles. The molecule has 1 aromatic rings. The fourth-order valence-corrected chi connectivity index (χ4v) is 3.43. The second kappa shape index (κ2) is 8.18. The fourth-order valence-electron chi connectivity index (χ4n) is 3.43. The van der Waals surface area contributed by atoms with Crippen molar-refractivity contribution in [3.63, 3.8) is 0 Å². The number of hydrogen-bond donors (Lipinski definition) is 0. The van der Waals surface area contributed by atoms with Crippen molar-refractivity contribution in [1.82, 2.24) is 9.88 Å². The molecule has 1 aromatic heterocycles. The molecule has 3 rings (SSSR count). The van der Waals surface area contributed by atoms with Crippen molar-refractivity contribution in [2.75, 3.05) is 13.2 Å². The highest BCUT2D eigenvalue weighted by Crippen LogP contribution is 2.24. The van der Waals surface area contributed by atoms with Crippen molar-refractivity contribution in [1.29, 1.82) is 0 Å². The molecule has 5 nitrogen and oxygen atoms in total. The van der Waals surface area contributed by atoms with Gasteiger partial charge in [0.1, 0.15) is 18.5 Å². The quantitative estimate of drug-likeness (QED) is 0.847. The van der Waals surface area contributed by atoms with Crippen LogP contribution in [0.25, 0.3) is 0 Å². The van der Waals surface area contributed by atoms with Gasteiger partial charge in [0.2, 0.25) is 0 Å². The minimum absolute atomic E-state index is 0.0973. The van der Waals surface area contributed by atoms with Crippen LogP contribution in [0.4, 0.5) is 4.79 Å². The summed E-state index contributed by atoms with van der Waals surface area (Å²) in [6.07, 6.45) is 12.2. The van der Waals surface area contributed by atoms with E-state index in [0.717, 1.165) is 44.4 Å². The van der Waals surface area contributed by atoms with E-state index in [0.29, 0.717) is 6.61 Å². The van der Waals surface area contributed by atoms with E-state index < -0.39 is 0 Å². The zero-order chi connectivity index (χ0) is 15.9. The van der Waals surface area contributed by atoms with Crippen LogP contribution in [0.15, 0.2) is 24.5 Å². The number of pyridine rings is 1. The average molecular weight is 318 g/mol. The third-order valence-corrected chi connectivity index (χ3v) is 4.76. The molecule has 0 N–H and O–H groups in total. The van der Waals surface area contributed by atoms with E-state index in [1.165, 1.54) is 19.3 Å². The fraction of sp³-hybridized carbons (Fsp3) is 0.667. The smallest absolute Gasteiger partial charge is 0.410 e. The minimum Gasteiger partial charge on any atom is -0.490 e. The van der Waals surface area contributed by atoms with Gasteiger partial charge in [-0.15, -0.1) is 0 Å². The molecule has 1 aliphatic carbocycles. The van der Waals surface area contributed by atoms with Crippen molar-refractivity contribution >= 4 is 6.09 Å². The Morgan fingerprint density at radius 2 is 2.00 bits per heavy atom. The molecule has 2 fully saturated rings. The first-order valence-electron chi connectivity index (χ1n) is 8.83. The maximum absolute atomic E-state index is 12.5. The van der Waals surface area contributed by atoms with Crippen LogP contribution in [0.1, 0.15) is 51.4 Å². The maximum atomic E-state index is 12.5. The molecule has 0 aromatic carbocycles. The first-order chi connectivity index (χ1) is 11.3. The third-order valence-electron chi connectivity index (χ3n) is 4.76. The maximum Gasteiger partial charge on any atom is 0.410 e. The number of likely N-dealkylation sites (tertiary alicyclic amines) is 1. The van der Waals surface area contributed by atoms with Crippen LogP contribution >= 0.6 is 0 Å². The van der Waals surface area contributed by atoms with Crippen LogP contribution < -0.4 is 4.74 Å². The van der Waals surface area contributed by atoms with Crippen LogP contribution in [-0.2, 0) is 4.74 Å². The molecule has 126 valence electrons. The van der Waals surface area contributed by atoms with Gasteiger partial charge < -0.3 is 14.4 Å². The number of hydrogen-bond acceptors (Lipinski definition) is 4. The van der Waals surface area contributed by atoms with Gasteiger partial charge in [0.25, 0.3) is 0 Å². The van der Waals surface area contributed by atoms with Gasteiger partial charge >= 0.3 is 6.09 Å². The van der Waals surface area contributed by atoms with Crippen molar-refractivity contribution in [3.05, 3.63) is 24.5 Å². The summed E-state index contributed by atoms with van der Waals surface area (Å²) < 4.78 is 11.5. The van der Waals surface area contributed by atoms with E-state index in [9.17, 15) is 4.79 Å². The molecule has 2 heterocycles. The van der Waals surface area contributed by atoms with Crippen LogP contribution in [0.3, 0.4) is 0 Å². The summed E-state index contributed by atoms with van der Waals surface area (Å²) in [5.41, 5.74) is 0. The van der Waals surface area contributed by atoms with E-state index in [-0.39, 0.29) is 18.2 Å². The van der Waals surface area contributed by atoms with Crippen LogP contribution in [-0.4, -0.2) is 41.3 Å². The largest absolute Gasteiger partial charge is 0.490 e. The molecule has 5 heteroatoms. The molecule has 0 bridgehead atoms. The van der Waals surface area contributed by atoms with Crippen LogP contribution in [0, 0.1) is 0 Å². The Morgan fingerprint density at radius 3 is 2.78 bits per heavy atom. The van der Waals surface area contributed by atoms with Crippen molar-refractivity contribution in [2.24, 2.45) is 0 Å². The number of carbonyl (C=O) groups excluding carboxylic acids is 1. The van der Waals surface area contributed by atoms with Crippen LogP contribution in [0.2, 0.25) is 0 Å². The lowest BCUT2D eigenvalue weighted by atomic mass is 9.98. The van der Waals surface area contributed by atoms with Gasteiger partial charge in [-0.1, -0.05) is 6.42 Å². The molecule has 0 radical (unpaired) electrons. The molecule has 2 aliphatic rings. The SMILES string of the molecule is O=C(OC1CCCCC1)N1CCCCC1COc1cccnc1. The van der Waals surface area contributed by atoms with E-state index in [4.69, 9.17) is 9.47 Å². The predicted molar refractivity (Wildman–Crippen MR) is 87.4 cm³/mol. The van der Waals surface area contributed by atoms with E-state index in [2.05, 4.69) is 4.98 Å². The summed E-state index contributed by atoms with van der Waals surface area (Å²) in [5.74, 6) is 0.749. The first kappa shape index (κ1) is 16.1. The summed E-state index contributed by atoms with van der Waals surface area (Å²) in [4.78, 5) is 18.4. The van der Waals surface area contributed by atoms with Crippen molar-refractivity contribution in [3.8, 4) is 5.75 Å². The van der Waals surface area contributed by atoms with E-state index in [1.807, 2.05) is 17.0 Å². The minimum atomic E-state index is -0.156. The first-order valence-corrected chi connectivity index (χ1v) is 8.83. The van der Waals surface area contributed by atoms with E-state index in [1.54, 1.807) is 12.4 Å². The number of piperidine rings is 1. The summed E-state index contributed by atoms with van der Waals surface area (Å²) in [7, 11) is 0. The number of ether oxygens (including phenoxy) is 2. The standard InChI is InChI=1S/C18H26N2O3/c21-18(23-16-8-2-1-3-9-16)20-12-5-4-7-15(20)14-22-17-10-6-11-19-13-17/h6,10-11,13,15-16H,1-5,7-9,12,14H2. The number of aromatic nitrogens is 1. The van der Waals surface area contributed by atoms with Gasteiger partial charge in [-0.3, -0.25) is 4.98 Å². The zero-order valence-electron chi connectivity index (χ0n) is 13.7. The molecular formula is C18H26N2O3. The van der Waals surface area contributed by atoms with Gasteiger partial charge in [0, 0.05) is 12.7 Å². The molecule has 1 saturated carbocycles. The van der Waals surface area contributed by atoms with Gasteiger partial charge in [0.05, 0.1) is 12.2 Å². The van der Waals surface area contributed by atoms with Gasteiger partial charge in [-0.2, -0.15) is 0 Å². The van der Waals surface area contributed by atoms with Gasteiger partial charge in [-0.25, -0.2) is 4.79 Å². The molecule has 1 unspecified atom stereocenters. The number of nitrogens with zero attached hydrogens (tertiary/aromatic N) is 2. The summed E-state index contributed by atoms with van der Waals surface area (Å²) in [6.45, 7) is 1.28. The molecule has 23 heavy (non-hydrogen) atoms. The normalized spacial score (nSPS) is 22.6. The Kier molecular flexibility index (Phi) is 5.72. The van der Waals surface area contributed by atoms with Crippen LogP contribution in [0.5, 0.6) is 5.75 Å².